The molecule has 0 aliphatic heterocycles. The number of nitro benzene ring substituents is 1. The summed E-state index contributed by atoms with van der Waals surface area (Å²) in [6.45, 7) is 0. The fourth-order valence-corrected chi connectivity index (χ4v) is 3.15. The predicted octanol–water partition coefficient (Wildman–Crippen LogP) is 2.83. The number of nitrogens with zero attached hydrogens (tertiary/aromatic N) is 4. The van der Waals surface area contributed by atoms with E-state index in [-0.39, 0.29) is 29.5 Å². The Morgan fingerprint density at radius 3 is 2.64 bits per heavy atom. The lowest BCUT2D eigenvalue weighted by molar-refractivity contribution is -0.383. The third-order valence-electron chi connectivity index (χ3n) is 3.70. The van der Waals surface area contributed by atoms with Crippen LogP contribution < -0.4 is 11.2 Å². The number of hydrogen-bond acceptors (Lipinski definition) is 7. The molecule has 3 aromatic rings. The molecule has 0 atom stereocenters. The molecule has 0 radical (unpaired) electrons. The molecule has 0 spiro atoms. The number of carbonyl (C=O) groups is 1. The highest BCUT2D eigenvalue weighted by Gasteiger charge is 2.16. The van der Waals surface area contributed by atoms with Gasteiger partial charge in [-0.25, -0.2) is 9.07 Å². The van der Waals surface area contributed by atoms with E-state index >= 15 is 0 Å². The van der Waals surface area contributed by atoms with Gasteiger partial charge < -0.3 is 11.2 Å². The first kappa shape index (κ1) is 19.3. The van der Waals surface area contributed by atoms with Crippen LogP contribution >= 0.6 is 11.8 Å². The van der Waals surface area contributed by atoms with E-state index in [2.05, 4.69) is 15.5 Å². The van der Waals surface area contributed by atoms with Gasteiger partial charge >= 0.3 is 0 Å². The molecular weight excluding hydrogens is 387 g/mol. The first-order chi connectivity index (χ1) is 13.5. The van der Waals surface area contributed by atoms with Gasteiger partial charge in [0.25, 0.3) is 5.69 Å². The zero-order chi connectivity index (χ0) is 20.1. The van der Waals surface area contributed by atoms with Gasteiger partial charge in [0.05, 0.1) is 4.92 Å². The summed E-state index contributed by atoms with van der Waals surface area (Å²) in [5.74, 6) is 5.93. The van der Waals surface area contributed by atoms with Crippen LogP contribution in [0.2, 0.25) is 0 Å². The summed E-state index contributed by atoms with van der Waals surface area (Å²) in [6, 6.07) is 11.6. The third-order valence-corrected chi connectivity index (χ3v) is 4.65. The number of anilines is 1. The molecule has 0 aliphatic carbocycles. The molecule has 9 nitrogen and oxygen atoms in total. The normalized spacial score (nSPS) is 10.6. The maximum absolute atomic E-state index is 13.0. The standard InChI is InChI=1S/C17H15FN6O3S/c18-12-7-5-11(6-8-12)16-21-22-17(23(16)19)28-10-9-15(25)20-13-3-1-2-4-14(13)24(26)27/h1-8H,9-10,19H2,(H,20,25). The average molecular weight is 402 g/mol. The summed E-state index contributed by atoms with van der Waals surface area (Å²) < 4.78 is 14.3. The van der Waals surface area contributed by atoms with Crippen LogP contribution in [0.15, 0.2) is 53.7 Å². The maximum atomic E-state index is 13.0. The molecule has 0 bridgehead atoms. The van der Waals surface area contributed by atoms with E-state index in [1.165, 1.54) is 58.9 Å². The van der Waals surface area contributed by atoms with Gasteiger partial charge in [0, 0.05) is 23.8 Å². The molecule has 0 aliphatic rings. The van der Waals surface area contributed by atoms with Crippen LogP contribution in [0.3, 0.4) is 0 Å². The van der Waals surface area contributed by atoms with Crippen molar-refractivity contribution in [2.75, 3.05) is 16.9 Å². The van der Waals surface area contributed by atoms with Gasteiger partial charge in [0.2, 0.25) is 11.1 Å². The quantitative estimate of drug-likeness (QED) is 0.269. The van der Waals surface area contributed by atoms with Crippen molar-refractivity contribution in [1.29, 1.82) is 0 Å². The van der Waals surface area contributed by atoms with E-state index in [0.29, 0.717) is 22.3 Å². The highest BCUT2D eigenvalue weighted by Crippen LogP contribution is 2.24. The number of halogens is 1. The van der Waals surface area contributed by atoms with Gasteiger partial charge in [0.15, 0.2) is 5.82 Å². The minimum absolute atomic E-state index is 0.0927. The number of nitrogens with one attached hydrogen (secondary N) is 1. The number of nitrogen functional groups attached to an aromatic ring is 1. The number of nitrogens with two attached hydrogens (primary N) is 1. The fourth-order valence-electron chi connectivity index (χ4n) is 2.36. The molecule has 2 aromatic carbocycles. The zero-order valence-electron chi connectivity index (χ0n) is 14.4. The monoisotopic (exact) mass is 402 g/mol. The molecule has 1 amide bonds. The summed E-state index contributed by atoms with van der Waals surface area (Å²) in [4.78, 5) is 22.5. The van der Waals surface area contributed by atoms with Gasteiger partial charge in [-0.05, 0) is 30.3 Å². The van der Waals surface area contributed by atoms with Crippen molar-refractivity contribution in [3.63, 3.8) is 0 Å². The van der Waals surface area contributed by atoms with Crippen LogP contribution in [-0.4, -0.2) is 31.5 Å². The van der Waals surface area contributed by atoms with Gasteiger partial charge in [-0.3, -0.25) is 14.9 Å². The average Bonchev–Trinajstić information content (AvgIpc) is 3.03. The van der Waals surface area contributed by atoms with Gasteiger partial charge in [-0.2, -0.15) is 0 Å². The molecule has 3 rings (SSSR count). The molecular formula is C17H15FN6O3S. The molecule has 1 heterocycles. The highest BCUT2D eigenvalue weighted by molar-refractivity contribution is 7.99. The first-order valence-electron chi connectivity index (χ1n) is 8.08. The number of amides is 1. The second-order valence-corrected chi connectivity index (χ2v) is 6.67. The Hall–Kier alpha value is -3.47. The molecule has 28 heavy (non-hydrogen) atoms. The topological polar surface area (TPSA) is 129 Å². The Morgan fingerprint density at radius 1 is 1.21 bits per heavy atom. The third kappa shape index (κ3) is 4.43. The molecule has 0 saturated carbocycles. The smallest absolute Gasteiger partial charge is 0.292 e. The number of rotatable bonds is 7. The summed E-state index contributed by atoms with van der Waals surface area (Å²) >= 11 is 1.21. The second-order valence-electron chi connectivity index (χ2n) is 5.60. The molecule has 144 valence electrons. The van der Waals surface area contributed by atoms with E-state index in [9.17, 15) is 19.3 Å². The number of nitro groups is 1. The minimum atomic E-state index is -0.557. The molecule has 0 unspecified atom stereocenters. The molecule has 1 aromatic heterocycles. The largest absolute Gasteiger partial charge is 0.335 e. The molecule has 0 saturated heterocycles. The van der Waals surface area contributed by atoms with Gasteiger partial charge in [-0.1, -0.05) is 23.9 Å². The fraction of sp³-hybridized carbons (Fsp3) is 0.118. The van der Waals surface area contributed by atoms with E-state index in [0.717, 1.165) is 0 Å². The van der Waals surface area contributed by atoms with Crippen molar-refractivity contribution < 1.29 is 14.1 Å². The summed E-state index contributed by atoms with van der Waals surface area (Å²) in [5, 5.41) is 21.8. The number of para-hydroxylation sites is 2. The van der Waals surface area contributed by atoms with Crippen LogP contribution in [0.4, 0.5) is 15.8 Å². The Bertz CT molecular complexity index is 1010. The van der Waals surface area contributed by atoms with Crippen LogP contribution in [0.5, 0.6) is 0 Å². The first-order valence-corrected chi connectivity index (χ1v) is 9.07. The summed E-state index contributed by atoms with van der Waals surface area (Å²) in [5.41, 5.74) is 0.578. The van der Waals surface area contributed by atoms with Crippen molar-refractivity contribution in [1.82, 2.24) is 14.9 Å². The Morgan fingerprint density at radius 2 is 1.93 bits per heavy atom. The summed E-state index contributed by atoms with van der Waals surface area (Å²) in [7, 11) is 0. The van der Waals surface area contributed by atoms with E-state index in [1.807, 2.05) is 0 Å². The van der Waals surface area contributed by atoms with Crippen molar-refractivity contribution in [2.45, 2.75) is 11.6 Å². The second kappa shape index (κ2) is 8.48. The van der Waals surface area contributed by atoms with Crippen LogP contribution in [0.1, 0.15) is 6.42 Å². The Labute approximate surface area is 162 Å². The van der Waals surface area contributed by atoms with Crippen LogP contribution in [0.25, 0.3) is 11.4 Å². The number of aromatic nitrogens is 3. The molecule has 3 N–H and O–H groups in total. The Kier molecular flexibility index (Phi) is 5.84. The zero-order valence-corrected chi connectivity index (χ0v) is 15.2. The minimum Gasteiger partial charge on any atom is -0.335 e. The number of thioether (sulfide) groups is 1. The van der Waals surface area contributed by atoms with Crippen LogP contribution in [0, 0.1) is 15.9 Å². The van der Waals surface area contributed by atoms with Crippen molar-refractivity contribution >= 4 is 29.0 Å². The SMILES string of the molecule is Nn1c(SCCC(=O)Nc2ccccc2[N+](=O)[O-])nnc1-c1ccc(F)cc1. The molecule has 0 fully saturated rings. The van der Waals surface area contributed by atoms with E-state index in [1.54, 1.807) is 6.07 Å². The molecule has 11 heteroatoms. The number of hydrogen-bond donors (Lipinski definition) is 2. The summed E-state index contributed by atoms with van der Waals surface area (Å²) in [6.07, 6.45) is 0.0927. The maximum Gasteiger partial charge on any atom is 0.292 e. The van der Waals surface area contributed by atoms with E-state index < -0.39 is 4.92 Å². The lowest BCUT2D eigenvalue weighted by Gasteiger charge is -2.06. The van der Waals surface area contributed by atoms with Gasteiger partial charge in [-0.15, -0.1) is 10.2 Å². The lowest BCUT2D eigenvalue weighted by atomic mass is 10.2. The highest BCUT2D eigenvalue weighted by atomic mass is 32.2. The van der Waals surface area contributed by atoms with Crippen molar-refractivity contribution in [2.24, 2.45) is 0 Å². The van der Waals surface area contributed by atoms with Crippen molar-refractivity contribution in [3.05, 3.63) is 64.5 Å². The van der Waals surface area contributed by atoms with Gasteiger partial charge in [0.1, 0.15) is 11.5 Å². The predicted molar refractivity (Wildman–Crippen MR) is 103 cm³/mol. The van der Waals surface area contributed by atoms with Crippen molar-refractivity contribution in [3.8, 4) is 11.4 Å². The van der Waals surface area contributed by atoms with E-state index in [4.69, 9.17) is 5.84 Å². The van der Waals surface area contributed by atoms with Crippen LogP contribution in [-0.2, 0) is 4.79 Å². The lowest BCUT2D eigenvalue weighted by Crippen LogP contribution is -2.14. The number of benzene rings is 2. The Balaban J connectivity index is 1.58. The number of carbonyl (C=O) groups excluding carboxylic acids is 1.